The number of halogens is 1. The molecule has 0 unspecified atom stereocenters. The molecule has 1 aliphatic heterocycles. The first-order valence-corrected chi connectivity index (χ1v) is 11.8. The summed E-state index contributed by atoms with van der Waals surface area (Å²) in [6.07, 6.45) is 2.37. The Kier molecular flexibility index (Phi) is 8.15. The van der Waals surface area contributed by atoms with Crippen LogP contribution in [0.25, 0.3) is 0 Å². The lowest BCUT2D eigenvalue weighted by Crippen LogP contribution is -2.46. The first kappa shape index (κ1) is 24.5. The lowest BCUT2D eigenvalue weighted by Gasteiger charge is -2.36. The lowest BCUT2D eigenvalue weighted by molar-refractivity contribution is -0.121. The molecule has 0 saturated carbocycles. The number of nitrogens with zero attached hydrogens (tertiary/aromatic N) is 3. The Labute approximate surface area is 204 Å². The van der Waals surface area contributed by atoms with Crippen molar-refractivity contribution in [3.8, 4) is 5.75 Å². The molecule has 7 nitrogen and oxygen atoms in total. The minimum atomic E-state index is -0.242. The molecule has 0 bridgehead atoms. The van der Waals surface area contributed by atoms with E-state index >= 15 is 0 Å². The fourth-order valence-electron chi connectivity index (χ4n) is 4.28. The third kappa shape index (κ3) is 6.70. The lowest BCUT2D eigenvalue weighted by atomic mass is 10.1. The van der Waals surface area contributed by atoms with Gasteiger partial charge in [-0.05, 0) is 36.2 Å². The van der Waals surface area contributed by atoms with Gasteiger partial charge in [-0.1, -0.05) is 30.3 Å². The molecule has 184 valence electrons. The number of methoxy groups -OCH3 is 1. The number of hydrogen-bond acceptors (Lipinski definition) is 5. The second kappa shape index (κ2) is 11.7. The largest absolute Gasteiger partial charge is 0.491 e. The van der Waals surface area contributed by atoms with Gasteiger partial charge in [0.2, 0.25) is 11.3 Å². The quantitative estimate of drug-likeness (QED) is 0.512. The number of aromatic nitrogens is 1. The van der Waals surface area contributed by atoms with Crippen LogP contribution in [-0.2, 0) is 24.3 Å². The second-order valence-corrected chi connectivity index (χ2v) is 8.65. The summed E-state index contributed by atoms with van der Waals surface area (Å²) in [5, 5.41) is 2.96. The number of ether oxygens (including phenoxy) is 1. The second-order valence-electron chi connectivity index (χ2n) is 8.65. The molecule has 0 radical (unpaired) electrons. The van der Waals surface area contributed by atoms with Crippen LogP contribution in [0.3, 0.4) is 0 Å². The van der Waals surface area contributed by atoms with E-state index in [-0.39, 0.29) is 29.4 Å². The van der Waals surface area contributed by atoms with Crippen LogP contribution in [0.1, 0.15) is 11.3 Å². The van der Waals surface area contributed by atoms with Gasteiger partial charge in [0.1, 0.15) is 12.4 Å². The van der Waals surface area contributed by atoms with Crippen molar-refractivity contribution in [2.24, 2.45) is 0 Å². The number of piperazine rings is 1. The number of pyridine rings is 1. The summed E-state index contributed by atoms with van der Waals surface area (Å²) < 4.78 is 20.2. The van der Waals surface area contributed by atoms with E-state index in [9.17, 15) is 14.0 Å². The van der Waals surface area contributed by atoms with Crippen LogP contribution in [0.15, 0.2) is 71.7 Å². The Balaban J connectivity index is 1.37. The number of nitrogens with one attached hydrogen (secondary N) is 1. The van der Waals surface area contributed by atoms with Crippen LogP contribution in [0.2, 0.25) is 0 Å². The summed E-state index contributed by atoms with van der Waals surface area (Å²) in [5.74, 6) is -0.144. The fourth-order valence-corrected chi connectivity index (χ4v) is 4.28. The predicted molar refractivity (Wildman–Crippen MR) is 134 cm³/mol. The van der Waals surface area contributed by atoms with Crippen LogP contribution in [0.4, 0.5) is 10.1 Å². The smallest absolute Gasteiger partial charge is 0.239 e. The molecule has 4 rings (SSSR count). The summed E-state index contributed by atoms with van der Waals surface area (Å²) in [4.78, 5) is 29.6. The normalized spacial score (nSPS) is 14.1. The van der Waals surface area contributed by atoms with E-state index in [0.717, 1.165) is 44.0 Å². The van der Waals surface area contributed by atoms with Crippen LogP contribution >= 0.6 is 0 Å². The van der Waals surface area contributed by atoms with Gasteiger partial charge in [-0.25, -0.2) is 4.39 Å². The number of amides is 1. The van der Waals surface area contributed by atoms with Crippen molar-refractivity contribution < 1.29 is 13.9 Å². The molecule has 0 aliphatic carbocycles. The van der Waals surface area contributed by atoms with Gasteiger partial charge in [0.25, 0.3) is 0 Å². The van der Waals surface area contributed by atoms with Crippen molar-refractivity contribution in [3.05, 3.63) is 94.2 Å². The van der Waals surface area contributed by atoms with Crippen LogP contribution < -0.4 is 20.4 Å². The molecular formula is C27H31FN4O3. The van der Waals surface area contributed by atoms with Gasteiger partial charge >= 0.3 is 0 Å². The highest BCUT2D eigenvalue weighted by Crippen LogP contribution is 2.18. The summed E-state index contributed by atoms with van der Waals surface area (Å²) in [7, 11) is 1.45. The molecule has 1 aromatic heterocycles. The van der Waals surface area contributed by atoms with Crippen molar-refractivity contribution in [3.63, 3.8) is 0 Å². The maximum Gasteiger partial charge on any atom is 0.239 e. The molecule has 0 spiro atoms. The SMILES string of the molecule is COc1cn(CC(=O)NCCc2ccccc2)c(CN2CCN(c3ccc(F)cc3)CC2)cc1=O. The molecule has 1 amide bonds. The molecule has 1 N–H and O–H groups in total. The molecule has 1 fully saturated rings. The number of carbonyl (C=O) groups excluding carboxylic acids is 1. The molecule has 1 saturated heterocycles. The monoisotopic (exact) mass is 478 g/mol. The molecule has 1 aliphatic rings. The van der Waals surface area contributed by atoms with E-state index in [1.54, 1.807) is 29.0 Å². The highest BCUT2D eigenvalue weighted by atomic mass is 19.1. The average molecular weight is 479 g/mol. The third-order valence-electron chi connectivity index (χ3n) is 6.24. The van der Waals surface area contributed by atoms with Gasteiger partial charge in [0.15, 0.2) is 5.75 Å². The van der Waals surface area contributed by atoms with Gasteiger partial charge in [-0.2, -0.15) is 0 Å². The Bertz CT molecular complexity index is 1170. The summed E-state index contributed by atoms with van der Waals surface area (Å²) in [5.41, 5.74) is 2.73. The van der Waals surface area contributed by atoms with E-state index in [4.69, 9.17) is 4.74 Å². The topological polar surface area (TPSA) is 66.8 Å². The van der Waals surface area contributed by atoms with E-state index in [2.05, 4.69) is 15.1 Å². The Morgan fingerprint density at radius 3 is 2.43 bits per heavy atom. The Morgan fingerprint density at radius 1 is 1.03 bits per heavy atom. The zero-order valence-corrected chi connectivity index (χ0v) is 20.0. The van der Waals surface area contributed by atoms with Crippen LogP contribution in [-0.4, -0.2) is 55.2 Å². The highest BCUT2D eigenvalue weighted by molar-refractivity contribution is 5.75. The van der Waals surface area contributed by atoms with Crippen molar-refractivity contribution in [1.82, 2.24) is 14.8 Å². The van der Waals surface area contributed by atoms with Crippen molar-refractivity contribution >= 4 is 11.6 Å². The average Bonchev–Trinajstić information content (AvgIpc) is 2.87. The van der Waals surface area contributed by atoms with Gasteiger partial charge in [-0.3, -0.25) is 14.5 Å². The van der Waals surface area contributed by atoms with E-state index in [1.807, 2.05) is 30.3 Å². The van der Waals surface area contributed by atoms with Gasteiger partial charge < -0.3 is 19.5 Å². The Hall–Kier alpha value is -3.65. The fraction of sp³-hybridized carbons (Fsp3) is 0.333. The zero-order chi connectivity index (χ0) is 24.6. The Morgan fingerprint density at radius 2 is 1.74 bits per heavy atom. The predicted octanol–water partition coefficient (Wildman–Crippen LogP) is 2.68. The van der Waals surface area contributed by atoms with Crippen molar-refractivity contribution in [2.75, 3.05) is 44.7 Å². The van der Waals surface area contributed by atoms with Gasteiger partial charge in [0.05, 0.1) is 13.3 Å². The molecule has 0 atom stereocenters. The van der Waals surface area contributed by atoms with Crippen molar-refractivity contribution in [2.45, 2.75) is 19.5 Å². The molecule has 3 aromatic rings. The molecular weight excluding hydrogens is 447 g/mol. The number of hydrogen-bond donors (Lipinski definition) is 1. The summed E-state index contributed by atoms with van der Waals surface area (Å²) in [6.45, 7) is 4.38. The number of anilines is 1. The van der Waals surface area contributed by atoms with Crippen molar-refractivity contribution in [1.29, 1.82) is 0 Å². The first-order chi connectivity index (χ1) is 17.0. The van der Waals surface area contributed by atoms with Crippen LogP contribution in [0, 0.1) is 5.82 Å². The number of rotatable bonds is 9. The van der Waals surface area contributed by atoms with E-state index in [1.165, 1.54) is 24.8 Å². The number of carbonyl (C=O) groups is 1. The molecule has 35 heavy (non-hydrogen) atoms. The molecule has 8 heteroatoms. The van der Waals surface area contributed by atoms with Gasteiger partial charge in [-0.15, -0.1) is 0 Å². The maximum atomic E-state index is 13.2. The third-order valence-corrected chi connectivity index (χ3v) is 6.24. The minimum Gasteiger partial charge on any atom is -0.491 e. The van der Waals surface area contributed by atoms with E-state index < -0.39 is 0 Å². The number of benzene rings is 2. The van der Waals surface area contributed by atoms with Gasteiger partial charge in [0, 0.05) is 56.7 Å². The minimum absolute atomic E-state index is 0.107. The first-order valence-electron chi connectivity index (χ1n) is 11.8. The highest BCUT2D eigenvalue weighted by Gasteiger charge is 2.19. The standard InChI is InChI=1S/C27H31FN4O3/c1-35-26-19-32(20-27(34)29-12-11-21-5-3-2-4-6-21)24(17-25(26)33)18-30-13-15-31(16-14-30)23-9-7-22(28)8-10-23/h2-10,17,19H,11-16,18,20H2,1H3,(H,29,34). The maximum absolute atomic E-state index is 13.2. The molecule has 2 aromatic carbocycles. The summed E-state index contributed by atoms with van der Waals surface area (Å²) >= 11 is 0. The summed E-state index contributed by atoms with van der Waals surface area (Å²) in [6, 6.07) is 18.1. The zero-order valence-electron chi connectivity index (χ0n) is 20.0. The molecule has 2 heterocycles. The van der Waals surface area contributed by atoms with Crippen LogP contribution in [0.5, 0.6) is 5.75 Å². The van der Waals surface area contributed by atoms with E-state index in [0.29, 0.717) is 13.1 Å².